The summed E-state index contributed by atoms with van der Waals surface area (Å²) in [6.07, 6.45) is 9.50. The van der Waals surface area contributed by atoms with Crippen LogP contribution in [-0.4, -0.2) is 61.6 Å². The zero-order chi connectivity index (χ0) is 19.6. The molecule has 0 saturated heterocycles. The van der Waals surface area contributed by atoms with Crippen LogP contribution in [-0.2, 0) is 4.79 Å². The van der Waals surface area contributed by atoms with Crippen LogP contribution in [0, 0.1) is 5.92 Å². The van der Waals surface area contributed by atoms with E-state index in [1.165, 1.54) is 25.7 Å². The molecular weight excluding hydrogens is 338 g/mol. The van der Waals surface area contributed by atoms with Gasteiger partial charge in [0, 0.05) is 37.1 Å². The van der Waals surface area contributed by atoms with E-state index in [-0.39, 0.29) is 17.9 Å². The summed E-state index contributed by atoms with van der Waals surface area (Å²) in [6.45, 7) is 8.82. The van der Waals surface area contributed by atoms with Gasteiger partial charge in [-0.25, -0.2) is 0 Å². The van der Waals surface area contributed by atoms with Gasteiger partial charge in [-0.15, -0.1) is 0 Å². The summed E-state index contributed by atoms with van der Waals surface area (Å²) in [5.41, 5.74) is 0. The van der Waals surface area contributed by atoms with Crippen molar-refractivity contribution >= 4 is 11.9 Å². The second kappa shape index (κ2) is 11.5. The van der Waals surface area contributed by atoms with E-state index in [1.54, 1.807) is 0 Å². The van der Waals surface area contributed by atoms with Crippen molar-refractivity contribution in [2.75, 3.05) is 26.7 Å². The summed E-state index contributed by atoms with van der Waals surface area (Å²) in [5, 5.41) is 10.0. The number of hydrogen-bond acceptors (Lipinski definition) is 3. The second-order valence-electron chi connectivity index (χ2n) is 8.55. The average Bonchev–Trinajstić information content (AvgIpc) is 3.16. The number of aliphatic imine (C=N–C) groups is 1. The fourth-order valence-electron chi connectivity index (χ4n) is 4.32. The Morgan fingerprint density at radius 3 is 2.56 bits per heavy atom. The number of carbonyl (C=O) groups excluding carboxylic acids is 1. The van der Waals surface area contributed by atoms with Crippen molar-refractivity contribution in [3.05, 3.63) is 0 Å². The van der Waals surface area contributed by atoms with E-state index in [2.05, 4.69) is 34.8 Å². The minimum absolute atomic E-state index is 0.120. The van der Waals surface area contributed by atoms with Gasteiger partial charge in [0.2, 0.25) is 5.91 Å². The Hall–Kier alpha value is -1.30. The van der Waals surface area contributed by atoms with Gasteiger partial charge in [0.15, 0.2) is 5.96 Å². The number of hydrogen-bond donors (Lipinski definition) is 3. The highest BCUT2D eigenvalue weighted by atomic mass is 16.1. The van der Waals surface area contributed by atoms with Gasteiger partial charge in [0.05, 0.1) is 6.54 Å². The number of nitrogens with one attached hydrogen (secondary N) is 3. The summed E-state index contributed by atoms with van der Waals surface area (Å²) < 4.78 is 0. The van der Waals surface area contributed by atoms with E-state index in [0.29, 0.717) is 6.04 Å². The second-order valence-corrected chi connectivity index (χ2v) is 8.55. The normalized spacial score (nSPS) is 24.4. The summed E-state index contributed by atoms with van der Waals surface area (Å²) >= 11 is 0. The number of amides is 1. The molecule has 0 aromatic carbocycles. The molecule has 0 aromatic rings. The minimum atomic E-state index is 0.120. The van der Waals surface area contributed by atoms with Crippen LogP contribution in [0.5, 0.6) is 0 Å². The van der Waals surface area contributed by atoms with Crippen molar-refractivity contribution in [1.82, 2.24) is 20.9 Å². The van der Waals surface area contributed by atoms with Crippen molar-refractivity contribution in [3.8, 4) is 0 Å². The van der Waals surface area contributed by atoms with Crippen molar-refractivity contribution in [1.29, 1.82) is 0 Å². The lowest BCUT2D eigenvalue weighted by molar-refractivity contribution is -0.126. The van der Waals surface area contributed by atoms with Crippen LogP contribution in [0.4, 0.5) is 0 Å². The maximum absolute atomic E-state index is 12.3. The van der Waals surface area contributed by atoms with E-state index in [1.807, 2.05) is 13.8 Å². The fourth-order valence-corrected chi connectivity index (χ4v) is 4.32. The molecule has 6 heteroatoms. The summed E-state index contributed by atoms with van der Waals surface area (Å²) in [4.78, 5) is 19.6. The molecule has 2 aliphatic carbocycles. The van der Waals surface area contributed by atoms with Crippen molar-refractivity contribution in [3.63, 3.8) is 0 Å². The zero-order valence-electron chi connectivity index (χ0n) is 17.9. The maximum atomic E-state index is 12.3. The van der Waals surface area contributed by atoms with Crippen molar-refractivity contribution < 1.29 is 4.79 Å². The van der Waals surface area contributed by atoms with E-state index in [4.69, 9.17) is 4.99 Å². The van der Waals surface area contributed by atoms with E-state index in [0.717, 1.165) is 57.3 Å². The monoisotopic (exact) mass is 379 g/mol. The first kappa shape index (κ1) is 22.0. The quantitative estimate of drug-likeness (QED) is 0.448. The average molecular weight is 380 g/mol. The third-order valence-corrected chi connectivity index (χ3v) is 5.83. The molecule has 6 nitrogen and oxygen atoms in total. The molecule has 0 bridgehead atoms. The Labute approximate surface area is 165 Å². The summed E-state index contributed by atoms with van der Waals surface area (Å²) in [6, 6.07) is 1.28. The van der Waals surface area contributed by atoms with Crippen LogP contribution in [0.15, 0.2) is 4.99 Å². The Morgan fingerprint density at radius 2 is 1.89 bits per heavy atom. The molecule has 0 aromatic heterocycles. The van der Waals surface area contributed by atoms with Gasteiger partial charge in [-0.1, -0.05) is 19.3 Å². The molecule has 2 aliphatic rings. The lowest BCUT2D eigenvalue weighted by Crippen LogP contribution is -2.47. The van der Waals surface area contributed by atoms with Gasteiger partial charge < -0.3 is 20.9 Å². The molecule has 0 heterocycles. The number of guanidine groups is 1. The summed E-state index contributed by atoms with van der Waals surface area (Å²) in [5.74, 6) is 1.22. The minimum Gasteiger partial charge on any atom is -0.357 e. The molecule has 2 atom stereocenters. The molecule has 2 unspecified atom stereocenters. The smallest absolute Gasteiger partial charge is 0.223 e. The third-order valence-electron chi connectivity index (χ3n) is 5.83. The molecule has 0 radical (unpaired) electrons. The first-order chi connectivity index (χ1) is 13.0. The highest BCUT2D eigenvalue weighted by Gasteiger charge is 2.28. The fraction of sp³-hybridized carbons (Fsp3) is 0.905. The van der Waals surface area contributed by atoms with Gasteiger partial charge in [0.1, 0.15) is 0 Å². The Kier molecular flexibility index (Phi) is 9.39. The molecular formula is C21H41N5O. The number of nitrogens with zero attached hydrogens (tertiary/aromatic N) is 2. The van der Waals surface area contributed by atoms with Gasteiger partial charge in [-0.05, 0) is 59.9 Å². The molecule has 27 heavy (non-hydrogen) atoms. The first-order valence-corrected chi connectivity index (χ1v) is 11.0. The van der Waals surface area contributed by atoms with E-state index in [9.17, 15) is 4.79 Å². The molecule has 156 valence electrons. The lowest BCUT2D eigenvalue weighted by atomic mass is 9.85. The highest BCUT2D eigenvalue weighted by molar-refractivity contribution is 5.81. The number of rotatable bonds is 8. The largest absolute Gasteiger partial charge is 0.357 e. The number of likely N-dealkylation sites (N-methyl/N-ethyl adjacent to an activating group) is 1. The van der Waals surface area contributed by atoms with Gasteiger partial charge in [-0.3, -0.25) is 9.79 Å². The van der Waals surface area contributed by atoms with Crippen molar-refractivity contribution in [2.45, 2.75) is 90.3 Å². The van der Waals surface area contributed by atoms with E-state index >= 15 is 0 Å². The Morgan fingerprint density at radius 1 is 1.15 bits per heavy atom. The maximum Gasteiger partial charge on any atom is 0.223 e. The van der Waals surface area contributed by atoms with Crippen LogP contribution in [0.2, 0.25) is 0 Å². The predicted molar refractivity (Wildman–Crippen MR) is 113 cm³/mol. The standard InChI is InChI=1S/C21H41N5O/c1-5-22-21(23-13-14-26(4)19-11-6-7-12-19)25-18-10-8-9-17(15-18)20(27)24-16(2)3/h16-19H,5-15H2,1-4H3,(H,24,27)(H2,22,23,25). The zero-order valence-corrected chi connectivity index (χ0v) is 17.9. The Bertz CT molecular complexity index is 473. The van der Waals surface area contributed by atoms with Crippen molar-refractivity contribution in [2.24, 2.45) is 10.9 Å². The molecule has 2 saturated carbocycles. The Balaban J connectivity index is 1.81. The molecule has 2 rings (SSSR count). The van der Waals surface area contributed by atoms with Gasteiger partial charge >= 0.3 is 0 Å². The van der Waals surface area contributed by atoms with E-state index < -0.39 is 0 Å². The molecule has 3 N–H and O–H groups in total. The van der Waals surface area contributed by atoms with Gasteiger partial charge in [0.25, 0.3) is 0 Å². The molecule has 2 fully saturated rings. The SMILES string of the molecule is CCNC(=NCCN(C)C1CCCC1)NC1CCCC(C(=O)NC(C)C)C1. The van der Waals surface area contributed by atoms with Crippen LogP contribution in [0.25, 0.3) is 0 Å². The van der Waals surface area contributed by atoms with Crippen LogP contribution >= 0.6 is 0 Å². The molecule has 0 aliphatic heterocycles. The van der Waals surface area contributed by atoms with Gasteiger partial charge in [-0.2, -0.15) is 0 Å². The topological polar surface area (TPSA) is 68.8 Å². The highest BCUT2D eigenvalue weighted by Crippen LogP contribution is 2.25. The number of carbonyl (C=O) groups is 1. The summed E-state index contributed by atoms with van der Waals surface area (Å²) in [7, 11) is 2.23. The lowest BCUT2D eigenvalue weighted by Gasteiger charge is -2.30. The van der Waals surface area contributed by atoms with Crippen LogP contribution < -0.4 is 16.0 Å². The first-order valence-electron chi connectivity index (χ1n) is 11.0. The van der Waals surface area contributed by atoms with Crippen LogP contribution in [0.1, 0.15) is 72.1 Å². The predicted octanol–water partition coefficient (Wildman–Crippen LogP) is 2.50. The molecule has 0 spiro atoms. The molecule has 1 amide bonds. The third kappa shape index (κ3) is 7.68. The van der Waals surface area contributed by atoms with Crippen LogP contribution in [0.3, 0.4) is 0 Å².